The summed E-state index contributed by atoms with van der Waals surface area (Å²) in [7, 11) is 0. The minimum atomic E-state index is -1.39. The third-order valence-corrected chi connectivity index (χ3v) is 3.58. The fourth-order valence-corrected chi connectivity index (χ4v) is 2.48. The van der Waals surface area contributed by atoms with Crippen LogP contribution in [0.5, 0.6) is 0 Å². The lowest BCUT2D eigenvalue weighted by Gasteiger charge is -2.30. The number of rotatable bonds is 5. The van der Waals surface area contributed by atoms with E-state index in [9.17, 15) is 14.4 Å². The zero-order valence-corrected chi connectivity index (χ0v) is 11.7. The van der Waals surface area contributed by atoms with Gasteiger partial charge in [-0.25, -0.2) is 9.59 Å². The van der Waals surface area contributed by atoms with Crippen molar-refractivity contribution in [2.75, 3.05) is 6.54 Å². The van der Waals surface area contributed by atoms with E-state index in [1.807, 2.05) is 6.92 Å². The minimum absolute atomic E-state index is 0.0942. The highest BCUT2D eigenvalue weighted by Gasteiger charge is 2.29. The van der Waals surface area contributed by atoms with Gasteiger partial charge in [0.15, 0.2) is 0 Å². The highest BCUT2D eigenvalue weighted by molar-refractivity contribution is 5.86. The van der Waals surface area contributed by atoms with E-state index in [4.69, 9.17) is 10.2 Å². The number of nitrogens with one attached hydrogen (secondary N) is 1. The molecule has 0 radical (unpaired) electrons. The Morgan fingerprint density at radius 1 is 1.25 bits per heavy atom. The van der Waals surface area contributed by atoms with Crippen LogP contribution in [-0.4, -0.2) is 51.7 Å². The fraction of sp³-hybridized carbons (Fsp3) is 0.769. The molecule has 3 N–H and O–H groups in total. The van der Waals surface area contributed by atoms with Crippen molar-refractivity contribution >= 4 is 18.0 Å². The second-order valence-electron chi connectivity index (χ2n) is 5.04. The zero-order chi connectivity index (χ0) is 15.1. The van der Waals surface area contributed by atoms with E-state index >= 15 is 0 Å². The van der Waals surface area contributed by atoms with Crippen molar-refractivity contribution in [2.24, 2.45) is 0 Å². The van der Waals surface area contributed by atoms with Crippen LogP contribution in [0.25, 0.3) is 0 Å². The maximum atomic E-state index is 12.2. The fourth-order valence-electron chi connectivity index (χ4n) is 2.48. The average molecular weight is 286 g/mol. The number of hydrogen-bond donors (Lipinski definition) is 3. The predicted molar refractivity (Wildman–Crippen MR) is 71.5 cm³/mol. The number of likely N-dealkylation sites (tertiary alicyclic amines) is 1. The van der Waals surface area contributed by atoms with Crippen molar-refractivity contribution < 1.29 is 24.6 Å². The van der Waals surface area contributed by atoms with Gasteiger partial charge in [0.25, 0.3) is 0 Å². The van der Waals surface area contributed by atoms with Crippen LogP contribution >= 0.6 is 0 Å². The normalized spacial score (nSPS) is 20.9. The Bertz CT molecular complexity index is 372. The molecule has 0 spiro atoms. The van der Waals surface area contributed by atoms with Gasteiger partial charge in [-0.05, 0) is 19.3 Å². The summed E-state index contributed by atoms with van der Waals surface area (Å²) in [6.07, 6.45) is 4.09. The lowest BCUT2D eigenvalue weighted by atomic mass is 10.1. The van der Waals surface area contributed by atoms with Gasteiger partial charge < -0.3 is 20.4 Å². The molecule has 0 aromatic heterocycles. The number of amides is 2. The summed E-state index contributed by atoms with van der Waals surface area (Å²) < 4.78 is 0. The van der Waals surface area contributed by atoms with E-state index in [1.54, 1.807) is 4.90 Å². The monoisotopic (exact) mass is 286 g/mol. The maximum Gasteiger partial charge on any atom is 0.326 e. The first-order valence-corrected chi connectivity index (χ1v) is 6.97. The molecule has 2 atom stereocenters. The minimum Gasteiger partial charge on any atom is -0.481 e. The number of urea groups is 1. The number of nitrogens with zero attached hydrogens (tertiary/aromatic N) is 1. The number of hydrogen-bond acceptors (Lipinski definition) is 3. The third kappa shape index (κ3) is 4.71. The molecule has 1 rings (SSSR count). The first kappa shape index (κ1) is 16.3. The van der Waals surface area contributed by atoms with Gasteiger partial charge in [0.05, 0.1) is 6.42 Å². The molecular weight excluding hydrogens is 264 g/mol. The summed E-state index contributed by atoms with van der Waals surface area (Å²) in [4.78, 5) is 35.4. The highest BCUT2D eigenvalue weighted by atomic mass is 16.4. The van der Waals surface area contributed by atoms with Gasteiger partial charge in [-0.2, -0.15) is 0 Å². The Kier molecular flexibility index (Phi) is 6.27. The van der Waals surface area contributed by atoms with Gasteiger partial charge in [0.1, 0.15) is 6.04 Å². The second kappa shape index (κ2) is 7.72. The van der Waals surface area contributed by atoms with Crippen LogP contribution in [-0.2, 0) is 9.59 Å². The Labute approximate surface area is 117 Å². The standard InChI is InChI=1S/C13H22N2O5/c1-2-9-6-4-3-5-7-15(9)13(20)14-10(12(18)19)8-11(16)17/h9-10H,2-8H2,1H3,(H,14,20)(H,16,17)(H,18,19). The van der Waals surface area contributed by atoms with E-state index < -0.39 is 30.4 Å². The quantitative estimate of drug-likeness (QED) is 0.705. The lowest BCUT2D eigenvalue weighted by Crippen LogP contribution is -2.51. The van der Waals surface area contributed by atoms with Crippen molar-refractivity contribution in [3.05, 3.63) is 0 Å². The molecule has 2 unspecified atom stereocenters. The molecular formula is C13H22N2O5. The highest BCUT2D eigenvalue weighted by Crippen LogP contribution is 2.19. The summed E-state index contributed by atoms with van der Waals surface area (Å²) in [5.41, 5.74) is 0. The van der Waals surface area contributed by atoms with E-state index in [2.05, 4.69) is 5.32 Å². The topological polar surface area (TPSA) is 107 Å². The van der Waals surface area contributed by atoms with Crippen LogP contribution in [0.2, 0.25) is 0 Å². The van der Waals surface area contributed by atoms with Crippen LogP contribution < -0.4 is 5.32 Å². The van der Waals surface area contributed by atoms with Crippen molar-refractivity contribution in [2.45, 2.75) is 57.5 Å². The molecule has 1 saturated heterocycles. The van der Waals surface area contributed by atoms with Crippen LogP contribution in [0.15, 0.2) is 0 Å². The molecule has 0 bridgehead atoms. The maximum absolute atomic E-state index is 12.2. The second-order valence-corrected chi connectivity index (χ2v) is 5.04. The van der Waals surface area contributed by atoms with Gasteiger partial charge in [-0.15, -0.1) is 0 Å². The molecule has 1 aliphatic rings. The molecule has 0 aromatic rings. The molecule has 114 valence electrons. The van der Waals surface area contributed by atoms with E-state index in [1.165, 1.54) is 0 Å². The van der Waals surface area contributed by atoms with Crippen molar-refractivity contribution in [1.82, 2.24) is 10.2 Å². The number of aliphatic carboxylic acids is 2. The van der Waals surface area contributed by atoms with Crippen molar-refractivity contribution in [1.29, 1.82) is 0 Å². The number of carboxylic acid groups (broad SMARTS) is 2. The summed E-state index contributed by atoms with van der Waals surface area (Å²) in [6.45, 7) is 2.58. The molecule has 2 amide bonds. The summed E-state index contributed by atoms with van der Waals surface area (Å²) in [5.74, 6) is -2.58. The Morgan fingerprint density at radius 2 is 1.95 bits per heavy atom. The summed E-state index contributed by atoms with van der Waals surface area (Å²) >= 11 is 0. The zero-order valence-electron chi connectivity index (χ0n) is 11.7. The Morgan fingerprint density at radius 3 is 2.50 bits per heavy atom. The number of carboxylic acids is 2. The molecule has 7 heteroatoms. The molecule has 20 heavy (non-hydrogen) atoms. The van der Waals surface area contributed by atoms with E-state index in [0.29, 0.717) is 6.54 Å². The lowest BCUT2D eigenvalue weighted by molar-refractivity contribution is -0.145. The van der Waals surface area contributed by atoms with Gasteiger partial charge in [0, 0.05) is 12.6 Å². The third-order valence-electron chi connectivity index (χ3n) is 3.58. The summed E-state index contributed by atoms with van der Waals surface area (Å²) in [6, 6.07) is -1.77. The molecule has 1 heterocycles. The molecule has 0 aliphatic carbocycles. The molecule has 1 aliphatic heterocycles. The van der Waals surface area contributed by atoms with Gasteiger partial charge in [-0.3, -0.25) is 4.79 Å². The predicted octanol–water partition coefficient (Wildman–Crippen LogP) is 1.28. The van der Waals surface area contributed by atoms with Crippen LogP contribution in [0.1, 0.15) is 45.4 Å². The summed E-state index contributed by atoms with van der Waals surface area (Å²) in [5, 5.41) is 19.9. The van der Waals surface area contributed by atoms with Crippen LogP contribution in [0.3, 0.4) is 0 Å². The Balaban J connectivity index is 2.70. The first-order valence-electron chi connectivity index (χ1n) is 6.97. The van der Waals surface area contributed by atoms with E-state index in [-0.39, 0.29) is 6.04 Å². The molecule has 0 aromatic carbocycles. The van der Waals surface area contributed by atoms with Gasteiger partial charge in [0.2, 0.25) is 0 Å². The molecule has 0 saturated carbocycles. The van der Waals surface area contributed by atoms with Crippen molar-refractivity contribution in [3.63, 3.8) is 0 Å². The first-order chi connectivity index (χ1) is 9.45. The van der Waals surface area contributed by atoms with E-state index in [0.717, 1.165) is 32.1 Å². The smallest absolute Gasteiger partial charge is 0.326 e. The van der Waals surface area contributed by atoms with Gasteiger partial charge in [-0.1, -0.05) is 19.8 Å². The number of carbonyl (C=O) groups is 3. The van der Waals surface area contributed by atoms with Gasteiger partial charge >= 0.3 is 18.0 Å². The van der Waals surface area contributed by atoms with Crippen molar-refractivity contribution in [3.8, 4) is 0 Å². The SMILES string of the molecule is CCC1CCCCCN1C(=O)NC(CC(=O)O)C(=O)O. The largest absolute Gasteiger partial charge is 0.481 e. The molecule has 7 nitrogen and oxygen atoms in total. The van der Waals surface area contributed by atoms with Crippen LogP contribution in [0, 0.1) is 0 Å². The molecule has 1 fully saturated rings. The Hall–Kier alpha value is -1.79. The average Bonchev–Trinajstić information content (AvgIpc) is 2.62. The van der Waals surface area contributed by atoms with Crippen LogP contribution in [0.4, 0.5) is 4.79 Å². The number of carbonyl (C=O) groups excluding carboxylic acids is 1.